The van der Waals surface area contributed by atoms with Gasteiger partial charge in [-0.25, -0.2) is 0 Å². The van der Waals surface area contributed by atoms with E-state index in [0.717, 1.165) is 26.2 Å². The molecule has 0 bridgehead atoms. The van der Waals surface area contributed by atoms with Crippen LogP contribution in [0.5, 0.6) is 11.5 Å². The molecule has 28 heavy (non-hydrogen) atoms. The summed E-state index contributed by atoms with van der Waals surface area (Å²) in [6.45, 7) is 5.07. The van der Waals surface area contributed by atoms with Gasteiger partial charge in [-0.1, -0.05) is 0 Å². The molecule has 1 saturated heterocycles. The molecule has 0 aromatic heterocycles. The maximum atomic E-state index is 12.4. The zero-order valence-electron chi connectivity index (χ0n) is 15.8. The maximum absolute atomic E-state index is 12.4. The van der Waals surface area contributed by atoms with E-state index < -0.39 is 11.9 Å². The number of carbonyl (C=O) groups is 2. The van der Waals surface area contributed by atoms with Crippen molar-refractivity contribution in [2.75, 3.05) is 64.4 Å². The van der Waals surface area contributed by atoms with Crippen LogP contribution in [0, 0.1) is 5.92 Å². The van der Waals surface area contributed by atoms with Gasteiger partial charge in [-0.15, -0.1) is 0 Å². The van der Waals surface area contributed by atoms with Crippen LogP contribution in [0.25, 0.3) is 0 Å². The zero-order chi connectivity index (χ0) is 19.9. The third kappa shape index (κ3) is 5.57. The Morgan fingerprint density at radius 2 is 1.75 bits per heavy atom. The number of carbonyl (C=O) groups excluding carboxylic acids is 1. The first-order valence-electron chi connectivity index (χ1n) is 9.53. The van der Waals surface area contributed by atoms with Crippen molar-refractivity contribution in [3.8, 4) is 11.5 Å². The molecule has 9 nitrogen and oxygen atoms in total. The highest BCUT2D eigenvalue weighted by atomic mass is 16.6. The van der Waals surface area contributed by atoms with Crippen molar-refractivity contribution in [3.63, 3.8) is 0 Å². The molecule has 0 saturated carbocycles. The van der Waals surface area contributed by atoms with Crippen LogP contribution < -0.4 is 14.8 Å². The summed E-state index contributed by atoms with van der Waals surface area (Å²) in [6, 6.07) is 5.12. The largest absolute Gasteiger partial charge is 0.486 e. The normalized spacial score (nSPS) is 18.5. The molecular weight excluding hydrogens is 366 g/mol. The second-order valence-corrected chi connectivity index (χ2v) is 7.01. The fourth-order valence-corrected chi connectivity index (χ4v) is 3.44. The monoisotopic (exact) mass is 393 g/mol. The average Bonchev–Trinajstić information content (AvgIpc) is 2.69. The Kier molecular flexibility index (Phi) is 7.07. The summed E-state index contributed by atoms with van der Waals surface area (Å²) in [6.07, 6.45) is -0.0966. The Morgan fingerprint density at radius 1 is 1.07 bits per heavy atom. The van der Waals surface area contributed by atoms with Gasteiger partial charge in [-0.2, -0.15) is 0 Å². The van der Waals surface area contributed by atoms with Gasteiger partial charge in [0.25, 0.3) is 0 Å². The lowest BCUT2D eigenvalue weighted by atomic mass is 10.0. The summed E-state index contributed by atoms with van der Waals surface area (Å²) in [5, 5.41) is 21.3. The summed E-state index contributed by atoms with van der Waals surface area (Å²) in [4.78, 5) is 28.2. The van der Waals surface area contributed by atoms with Crippen molar-refractivity contribution in [1.82, 2.24) is 9.80 Å². The SMILES string of the molecule is O=C(C[C@H](CN1CCN(CCO)CC1)C(=O)O)Nc1ccc2c(c1)OCCO2. The highest BCUT2D eigenvalue weighted by Crippen LogP contribution is 2.32. The first kappa shape index (κ1) is 20.4. The van der Waals surface area contributed by atoms with Crippen LogP contribution in [-0.2, 0) is 9.59 Å². The Bertz CT molecular complexity index is 690. The topological polar surface area (TPSA) is 112 Å². The second-order valence-electron chi connectivity index (χ2n) is 7.01. The number of nitrogens with one attached hydrogen (secondary N) is 1. The zero-order valence-corrected chi connectivity index (χ0v) is 15.8. The number of fused-ring (bicyclic) bond motifs is 1. The van der Waals surface area contributed by atoms with Gasteiger partial charge in [0.15, 0.2) is 11.5 Å². The average molecular weight is 393 g/mol. The van der Waals surface area contributed by atoms with Crippen LogP contribution in [0.15, 0.2) is 18.2 Å². The molecule has 154 valence electrons. The van der Waals surface area contributed by atoms with Crippen molar-refractivity contribution < 1.29 is 29.3 Å². The Hall–Kier alpha value is -2.36. The van der Waals surface area contributed by atoms with Gasteiger partial charge in [-0.05, 0) is 12.1 Å². The highest BCUT2D eigenvalue weighted by molar-refractivity contribution is 5.93. The van der Waals surface area contributed by atoms with E-state index >= 15 is 0 Å². The molecule has 1 aromatic carbocycles. The van der Waals surface area contributed by atoms with Crippen LogP contribution in [0.4, 0.5) is 5.69 Å². The van der Waals surface area contributed by atoms with Gasteiger partial charge < -0.3 is 25.0 Å². The summed E-state index contributed by atoms with van der Waals surface area (Å²) >= 11 is 0. The maximum Gasteiger partial charge on any atom is 0.308 e. The lowest BCUT2D eigenvalue weighted by Gasteiger charge is -2.35. The Morgan fingerprint density at radius 3 is 2.43 bits per heavy atom. The van der Waals surface area contributed by atoms with E-state index in [4.69, 9.17) is 14.6 Å². The van der Waals surface area contributed by atoms with Crippen molar-refractivity contribution in [1.29, 1.82) is 0 Å². The number of aliphatic hydroxyl groups is 1. The molecule has 2 aliphatic rings. The molecule has 3 rings (SSSR count). The Balaban J connectivity index is 1.51. The number of benzene rings is 1. The van der Waals surface area contributed by atoms with Crippen LogP contribution in [0.2, 0.25) is 0 Å². The predicted molar refractivity (Wildman–Crippen MR) is 102 cm³/mol. The molecule has 2 aliphatic heterocycles. The van der Waals surface area contributed by atoms with E-state index in [9.17, 15) is 14.7 Å². The van der Waals surface area contributed by atoms with Crippen molar-refractivity contribution >= 4 is 17.6 Å². The molecule has 0 spiro atoms. The van der Waals surface area contributed by atoms with E-state index in [0.29, 0.717) is 43.5 Å². The number of hydrogen-bond acceptors (Lipinski definition) is 7. The summed E-state index contributed by atoms with van der Waals surface area (Å²) in [5.41, 5.74) is 0.552. The quantitative estimate of drug-likeness (QED) is 0.570. The number of aliphatic carboxylic acids is 1. The van der Waals surface area contributed by atoms with Gasteiger partial charge in [0, 0.05) is 57.4 Å². The fourth-order valence-electron chi connectivity index (χ4n) is 3.44. The number of nitrogens with zero attached hydrogens (tertiary/aromatic N) is 2. The van der Waals surface area contributed by atoms with E-state index in [1.165, 1.54) is 0 Å². The van der Waals surface area contributed by atoms with E-state index in [1.54, 1.807) is 18.2 Å². The number of β-amino-alcohol motifs (C(OH)–C–C–N with tert-alkyl or cyclic N) is 1. The fraction of sp³-hybridized carbons (Fsp3) is 0.579. The van der Waals surface area contributed by atoms with Crippen molar-refractivity contribution in [2.24, 2.45) is 5.92 Å². The Labute approximate surface area is 163 Å². The molecule has 1 atom stereocenters. The van der Waals surface area contributed by atoms with Gasteiger partial charge in [-0.3, -0.25) is 19.4 Å². The van der Waals surface area contributed by atoms with Crippen molar-refractivity contribution in [3.05, 3.63) is 18.2 Å². The third-order valence-corrected chi connectivity index (χ3v) is 4.97. The smallest absolute Gasteiger partial charge is 0.308 e. The molecule has 1 amide bonds. The number of aliphatic hydroxyl groups excluding tert-OH is 1. The van der Waals surface area contributed by atoms with Gasteiger partial charge in [0.1, 0.15) is 13.2 Å². The molecule has 0 radical (unpaired) electrons. The number of piperazine rings is 1. The molecule has 0 unspecified atom stereocenters. The first-order valence-corrected chi connectivity index (χ1v) is 9.53. The van der Waals surface area contributed by atoms with Gasteiger partial charge in [0.2, 0.25) is 5.91 Å². The number of rotatable bonds is 8. The second kappa shape index (κ2) is 9.72. The number of anilines is 1. The number of hydrogen-bond donors (Lipinski definition) is 3. The predicted octanol–water partition coefficient (Wildman–Crippen LogP) is 0.0971. The molecule has 0 aliphatic carbocycles. The summed E-state index contributed by atoms with van der Waals surface area (Å²) in [5.74, 6) is -0.896. The van der Waals surface area contributed by atoms with E-state index in [2.05, 4.69) is 15.1 Å². The number of ether oxygens (including phenoxy) is 2. The standard InChI is InChI=1S/C19H27N3O6/c23-8-7-21-3-5-22(6-4-21)13-14(19(25)26)11-18(24)20-15-1-2-16-17(12-15)28-10-9-27-16/h1-2,12,14,23H,3-11,13H2,(H,20,24)(H,25,26)/t14-/m1/s1. The molecule has 9 heteroatoms. The number of carboxylic acids is 1. The van der Waals surface area contributed by atoms with Crippen LogP contribution in [-0.4, -0.2) is 91.0 Å². The van der Waals surface area contributed by atoms with Crippen LogP contribution in [0.1, 0.15) is 6.42 Å². The van der Waals surface area contributed by atoms with Crippen LogP contribution in [0.3, 0.4) is 0 Å². The highest BCUT2D eigenvalue weighted by Gasteiger charge is 2.26. The van der Waals surface area contributed by atoms with Gasteiger partial charge >= 0.3 is 5.97 Å². The molecule has 1 aromatic rings. The number of amides is 1. The van der Waals surface area contributed by atoms with Crippen LogP contribution >= 0.6 is 0 Å². The summed E-state index contributed by atoms with van der Waals surface area (Å²) < 4.78 is 10.9. The minimum atomic E-state index is -0.977. The molecular formula is C19H27N3O6. The van der Waals surface area contributed by atoms with Crippen molar-refractivity contribution in [2.45, 2.75) is 6.42 Å². The third-order valence-electron chi connectivity index (χ3n) is 4.97. The lowest BCUT2D eigenvalue weighted by Crippen LogP contribution is -2.49. The van der Waals surface area contributed by atoms with E-state index in [-0.39, 0.29) is 18.9 Å². The molecule has 2 heterocycles. The van der Waals surface area contributed by atoms with Gasteiger partial charge in [0.05, 0.1) is 12.5 Å². The molecule has 3 N–H and O–H groups in total. The van der Waals surface area contributed by atoms with E-state index in [1.807, 2.05) is 0 Å². The minimum Gasteiger partial charge on any atom is -0.486 e. The number of carboxylic acid groups (broad SMARTS) is 1. The molecule has 1 fully saturated rings. The first-order chi connectivity index (χ1) is 13.5. The summed E-state index contributed by atoms with van der Waals surface area (Å²) in [7, 11) is 0. The minimum absolute atomic E-state index is 0.0966. The lowest BCUT2D eigenvalue weighted by molar-refractivity contribution is -0.144.